The zero-order valence-corrected chi connectivity index (χ0v) is 10.1. The van der Waals surface area contributed by atoms with E-state index < -0.39 is 0 Å². The van der Waals surface area contributed by atoms with Gasteiger partial charge in [0.05, 0.1) is 11.7 Å². The lowest BCUT2D eigenvalue weighted by Gasteiger charge is -2.05. The third kappa shape index (κ3) is 2.31. The topological polar surface area (TPSA) is 40.7 Å². The monoisotopic (exact) mass is 243 g/mol. The number of nitrogens with one attached hydrogen (secondary N) is 2. The second kappa shape index (κ2) is 4.59. The molecule has 2 aromatic heterocycles. The molecule has 0 fully saturated rings. The fraction of sp³-hybridized carbons (Fsp3) is 0.154. The van der Waals surface area contributed by atoms with Crippen LogP contribution in [0.15, 0.2) is 41.9 Å². The Morgan fingerprint density at radius 2 is 2.29 bits per heavy atom. The van der Waals surface area contributed by atoms with Crippen molar-refractivity contribution in [2.45, 2.75) is 6.42 Å². The number of nitrogens with zero attached hydrogens (tertiary/aromatic N) is 1. The molecule has 86 valence electrons. The van der Waals surface area contributed by atoms with Gasteiger partial charge in [-0.15, -0.1) is 11.3 Å². The molecule has 3 rings (SSSR count). The number of hydrogen-bond acceptors (Lipinski definition) is 3. The van der Waals surface area contributed by atoms with Gasteiger partial charge >= 0.3 is 0 Å². The molecule has 0 atom stereocenters. The Hall–Kier alpha value is -1.81. The summed E-state index contributed by atoms with van der Waals surface area (Å²) in [5.74, 6) is 0. The smallest absolute Gasteiger partial charge is 0.0670 e. The number of hydrogen-bond donors (Lipinski definition) is 2. The minimum Gasteiger partial charge on any atom is -0.385 e. The lowest BCUT2D eigenvalue weighted by atomic mass is 10.2. The fourth-order valence-corrected chi connectivity index (χ4v) is 2.54. The number of rotatable bonds is 4. The summed E-state index contributed by atoms with van der Waals surface area (Å²) < 4.78 is 0. The van der Waals surface area contributed by atoms with Gasteiger partial charge in [0.2, 0.25) is 0 Å². The van der Waals surface area contributed by atoms with Crippen LogP contribution in [0.1, 0.15) is 4.88 Å². The molecular formula is C13H13N3S. The third-order valence-electron chi connectivity index (χ3n) is 2.72. The van der Waals surface area contributed by atoms with E-state index in [0.29, 0.717) is 0 Å². The van der Waals surface area contributed by atoms with E-state index in [-0.39, 0.29) is 0 Å². The Bertz CT molecular complexity index is 598. The Kier molecular flexibility index (Phi) is 2.80. The maximum absolute atomic E-state index is 4.01. The van der Waals surface area contributed by atoms with E-state index in [1.165, 1.54) is 4.88 Å². The van der Waals surface area contributed by atoms with Gasteiger partial charge in [-0.3, -0.25) is 5.10 Å². The summed E-state index contributed by atoms with van der Waals surface area (Å²) in [6.07, 6.45) is 2.91. The van der Waals surface area contributed by atoms with Gasteiger partial charge in [0.15, 0.2) is 0 Å². The number of anilines is 1. The van der Waals surface area contributed by atoms with Crippen LogP contribution in [0.25, 0.3) is 10.9 Å². The molecule has 0 unspecified atom stereocenters. The first kappa shape index (κ1) is 10.4. The number of H-pyrrole nitrogens is 1. The molecule has 2 N–H and O–H groups in total. The Balaban J connectivity index is 1.64. The van der Waals surface area contributed by atoms with Gasteiger partial charge < -0.3 is 5.32 Å². The quantitative estimate of drug-likeness (QED) is 0.738. The number of aromatic nitrogens is 2. The van der Waals surface area contributed by atoms with Crippen LogP contribution in [0.5, 0.6) is 0 Å². The largest absolute Gasteiger partial charge is 0.385 e. The molecule has 0 saturated carbocycles. The SMILES string of the molecule is c1csc(CCNc2ccc3cn[nH]c3c2)c1. The minimum atomic E-state index is 0.958. The molecule has 0 aliphatic rings. The molecule has 0 aliphatic carbocycles. The first-order valence-electron chi connectivity index (χ1n) is 5.61. The molecule has 3 nitrogen and oxygen atoms in total. The van der Waals surface area contributed by atoms with E-state index in [4.69, 9.17) is 0 Å². The van der Waals surface area contributed by atoms with Gasteiger partial charge in [-0.25, -0.2) is 0 Å². The predicted molar refractivity (Wildman–Crippen MR) is 72.6 cm³/mol. The van der Waals surface area contributed by atoms with Crippen LogP contribution in [0.3, 0.4) is 0 Å². The van der Waals surface area contributed by atoms with Gasteiger partial charge in [0, 0.05) is 22.5 Å². The lowest BCUT2D eigenvalue weighted by molar-refractivity contribution is 1.04. The summed E-state index contributed by atoms with van der Waals surface area (Å²) in [6, 6.07) is 10.5. The molecule has 1 aromatic carbocycles. The summed E-state index contributed by atoms with van der Waals surface area (Å²) in [6.45, 7) is 0.958. The molecule has 3 aromatic rings. The fourth-order valence-electron chi connectivity index (χ4n) is 1.83. The van der Waals surface area contributed by atoms with Crippen LogP contribution in [0, 0.1) is 0 Å². The second-order valence-electron chi connectivity index (χ2n) is 3.93. The van der Waals surface area contributed by atoms with Crippen molar-refractivity contribution >= 4 is 27.9 Å². The van der Waals surface area contributed by atoms with Gasteiger partial charge in [-0.05, 0) is 36.1 Å². The summed E-state index contributed by atoms with van der Waals surface area (Å²) in [4.78, 5) is 1.42. The van der Waals surface area contributed by atoms with E-state index in [1.807, 2.05) is 6.20 Å². The molecular weight excluding hydrogens is 230 g/mol. The minimum absolute atomic E-state index is 0.958. The number of thiophene rings is 1. The lowest BCUT2D eigenvalue weighted by Crippen LogP contribution is -2.03. The summed E-state index contributed by atoms with van der Waals surface area (Å²) in [5, 5.41) is 13.7. The van der Waals surface area contributed by atoms with E-state index in [1.54, 1.807) is 11.3 Å². The maximum atomic E-state index is 4.01. The molecule has 2 heterocycles. The van der Waals surface area contributed by atoms with Crippen molar-refractivity contribution in [3.8, 4) is 0 Å². The molecule has 0 radical (unpaired) electrons. The summed E-state index contributed by atoms with van der Waals surface area (Å²) in [5.41, 5.74) is 2.21. The summed E-state index contributed by atoms with van der Waals surface area (Å²) in [7, 11) is 0. The van der Waals surface area contributed by atoms with E-state index >= 15 is 0 Å². The second-order valence-corrected chi connectivity index (χ2v) is 4.96. The molecule has 0 spiro atoms. The molecule has 0 amide bonds. The van der Waals surface area contributed by atoms with E-state index in [9.17, 15) is 0 Å². The van der Waals surface area contributed by atoms with Crippen molar-refractivity contribution in [1.29, 1.82) is 0 Å². The average Bonchev–Trinajstić information content (AvgIpc) is 2.98. The molecule has 17 heavy (non-hydrogen) atoms. The van der Waals surface area contributed by atoms with Crippen LogP contribution in [-0.4, -0.2) is 16.7 Å². The molecule has 0 bridgehead atoms. The maximum Gasteiger partial charge on any atom is 0.0670 e. The van der Waals surface area contributed by atoms with Crippen molar-refractivity contribution in [3.63, 3.8) is 0 Å². The van der Waals surface area contributed by atoms with E-state index in [2.05, 4.69) is 51.2 Å². The first-order chi connectivity index (χ1) is 8.42. The highest BCUT2D eigenvalue weighted by molar-refractivity contribution is 7.09. The van der Waals surface area contributed by atoms with Crippen molar-refractivity contribution in [3.05, 3.63) is 46.8 Å². The highest BCUT2D eigenvalue weighted by Crippen LogP contribution is 2.16. The average molecular weight is 243 g/mol. The van der Waals surface area contributed by atoms with Crippen molar-refractivity contribution in [2.75, 3.05) is 11.9 Å². The Morgan fingerprint density at radius 3 is 3.18 bits per heavy atom. The number of fused-ring (bicyclic) bond motifs is 1. The third-order valence-corrected chi connectivity index (χ3v) is 3.66. The molecule has 4 heteroatoms. The Labute approximate surface area is 103 Å². The Morgan fingerprint density at radius 1 is 1.29 bits per heavy atom. The van der Waals surface area contributed by atoms with Crippen LogP contribution in [0.4, 0.5) is 5.69 Å². The van der Waals surface area contributed by atoms with E-state index in [0.717, 1.165) is 29.6 Å². The molecule has 0 aliphatic heterocycles. The number of aromatic amines is 1. The standard InChI is InChI=1S/C13H13N3S/c1-2-12(17-7-1)5-6-14-11-4-3-10-9-15-16-13(10)8-11/h1-4,7-9,14H,5-6H2,(H,15,16). The normalized spacial score (nSPS) is 10.8. The van der Waals surface area contributed by atoms with Gasteiger partial charge in [0.1, 0.15) is 0 Å². The number of benzene rings is 1. The van der Waals surface area contributed by atoms with Crippen LogP contribution < -0.4 is 5.32 Å². The van der Waals surface area contributed by atoms with Crippen molar-refractivity contribution < 1.29 is 0 Å². The highest BCUT2D eigenvalue weighted by atomic mass is 32.1. The summed E-state index contributed by atoms with van der Waals surface area (Å²) >= 11 is 1.81. The van der Waals surface area contributed by atoms with Crippen molar-refractivity contribution in [2.24, 2.45) is 0 Å². The van der Waals surface area contributed by atoms with Gasteiger partial charge in [-0.2, -0.15) is 5.10 Å². The van der Waals surface area contributed by atoms with Crippen molar-refractivity contribution in [1.82, 2.24) is 10.2 Å². The first-order valence-corrected chi connectivity index (χ1v) is 6.49. The van der Waals surface area contributed by atoms with Crippen LogP contribution in [-0.2, 0) is 6.42 Å². The molecule has 0 saturated heterocycles. The van der Waals surface area contributed by atoms with Crippen LogP contribution in [0.2, 0.25) is 0 Å². The zero-order valence-electron chi connectivity index (χ0n) is 9.31. The zero-order chi connectivity index (χ0) is 11.5. The van der Waals surface area contributed by atoms with Crippen LogP contribution >= 0.6 is 11.3 Å². The van der Waals surface area contributed by atoms with Gasteiger partial charge in [0.25, 0.3) is 0 Å². The predicted octanol–water partition coefficient (Wildman–Crippen LogP) is 3.28. The van der Waals surface area contributed by atoms with Gasteiger partial charge in [-0.1, -0.05) is 6.07 Å². The highest BCUT2D eigenvalue weighted by Gasteiger charge is 1.98.